The normalized spacial score (nSPS) is 22.1. The van der Waals surface area contributed by atoms with Crippen LogP contribution in [-0.2, 0) is 11.3 Å². The highest BCUT2D eigenvalue weighted by molar-refractivity contribution is 5.69. The van der Waals surface area contributed by atoms with E-state index in [2.05, 4.69) is 10.3 Å². The first-order valence-corrected chi connectivity index (χ1v) is 6.97. The van der Waals surface area contributed by atoms with E-state index in [0.717, 1.165) is 44.3 Å². The van der Waals surface area contributed by atoms with Gasteiger partial charge >= 0.3 is 5.97 Å². The van der Waals surface area contributed by atoms with Crippen LogP contribution in [0.1, 0.15) is 36.9 Å². The number of nitriles is 1. The van der Waals surface area contributed by atoms with E-state index in [4.69, 9.17) is 10.4 Å². The Labute approximate surface area is 118 Å². The van der Waals surface area contributed by atoms with Gasteiger partial charge < -0.3 is 10.4 Å². The lowest BCUT2D eigenvalue weighted by Crippen LogP contribution is -2.28. The molecular weight excluding hydrogens is 254 g/mol. The standard InChI is InChI=1S/C15H19N3O2/c16-8-14-7-12(5-6-18-14)10-17-9-11-1-3-13(4-2-11)15(19)20/h5-7,11,13,17H,1-4,9-10H2,(H,19,20). The molecule has 1 saturated carbocycles. The summed E-state index contributed by atoms with van der Waals surface area (Å²) in [5, 5.41) is 21.1. The molecule has 0 atom stereocenters. The number of hydrogen-bond donors (Lipinski definition) is 2. The van der Waals surface area contributed by atoms with Gasteiger partial charge in [-0.25, -0.2) is 4.98 Å². The van der Waals surface area contributed by atoms with Gasteiger partial charge in [-0.15, -0.1) is 0 Å². The highest BCUT2D eigenvalue weighted by Gasteiger charge is 2.25. The summed E-state index contributed by atoms with van der Waals surface area (Å²) < 4.78 is 0. The molecule has 0 unspecified atom stereocenters. The molecule has 0 aromatic carbocycles. The van der Waals surface area contributed by atoms with Crippen LogP contribution in [0.2, 0.25) is 0 Å². The number of aliphatic carboxylic acids is 1. The zero-order valence-corrected chi connectivity index (χ0v) is 11.4. The predicted molar refractivity (Wildman–Crippen MR) is 73.7 cm³/mol. The molecule has 0 spiro atoms. The van der Waals surface area contributed by atoms with Gasteiger partial charge in [0.2, 0.25) is 0 Å². The molecule has 2 rings (SSSR count). The molecule has 1 aliphatic rings. The Balaban J connectivity index is 1.71. The van der Waals surface area contributed by atoms with Crippen LogP contribution in [0.25, 0.3) is 0 Å². The molecule has 20 heavy (non-hydrogen) atoms. The Morgan fingerprint density at radius 1 is 1.45 bits per heavy atom. The molecule has 1 heterocycles. The van der Waals surface area contributed by atoms with Crippen molar-refractivity contribution >= 4 is 5.97 Å². The molecule has 1 aromatic heterocycles. The maximum Gasteiger partial charge on any atom is 0.306 e. The summed E-state index contributed by atoms with van der Waals surface area (Å²) in [7, 11) is 0. The van der Waals surface area contributed by atoms with Crippen LogP contribution in [0.4, 0.5) is 0 Å². The van der Waals surface area contributed by atoms with Crippen LogP contribution in [0.15, 0.2) is 18.3 Å². The second-order valence-corrected chi connectivity index (χ2v) is 5.35. The molecule has 0 amide bonds. The van der Waals surface area contributed by atoms with Gasteiger partial charge in [-0.05, 0) is 55.8 Å². The minimum atomic E-state index is -0.655. The molecule has 1 aliphatic carbocycles. The highest BCUT2D eigenvalue weighted by Crippen LogP contribution is 2.28. The summed E-state index contributed by atoms with van der Waals surface area (Å²) in [6.07, 6.45) is 5.17. The number of hydrogen-bond acceptors (Lipinski definition) is 4. The van der Waals surface area contributed by atoms with Crippen molar-refractivity contribution < 1.29 is 9.90 Å². The van der Waals surface area contributed by atoms with E-state index in [1.54, 1.807) is 12.3 Å². The zero-order valence-electron chi connectivity index (χ0n) is 11.4. The Bertz CT molecular complexity index is 502. The molecule has 1 fully saturated rings. The van der Waals surface area contributed by atoms with E-state index < -0.39 is 5.97 Å². The summed E-state index contributed by atoms with van der Waals surface area (Å²) >= 11 is 0. The predicted octanol–water partition coefficient (Wildman–Crippen LogP) is 1.93. The van der Waals surface area contributed by atoms with Crippen molar-refractivity contribution in [2.75, 3.05) is 6.54 Å². The largest absolute Gasteiger partial charge is 0.481 e. The number of rotatable bonds is 5. The van der Waals surface area contributed by atoms with Crippen molar-refractivity contribution in [3.63, 3.8) is 0 Å². The van der Waals surface area contributed by atoms with Crippen LogP contribution in [0.3, 0.4) is 0 Å². The Hall–Kier alpha value is -1.93. The smallest absolute Gasteiger partial charge is 0.306 e. The third-order valence-electron chi connectivity index (χ3n) is 3.90. The minimum absolute atomic E-state index is 0.148. The fraction of sp³-hybridized carbons (Fsp3) is 0.533. The van der Waals surface area contributed by atoms with E-state index >= 15 is 0 Å². The van der Waals surface area contributed by atoms with Crippen LogP contribution >= 0.6 is 0 Å². The van der Waals surface area contributed by atoms with E-state index in [9.17, 15) is 4.79 Å². The van der Waals surface area contributed by atoms with Crippen molar-refractivity contribution in [1.82, 2.24) is 10.3 Å². The zero-order chi connectivity index (χ0) is 14.4. The van der Waals surface area contributed by atoms with Gasteiger partial charge in [0, 0.05) is 12.7 Å². The minimum Gasteiger partial charge on any atom is -0.481 e. The maximum absolute atomic E-state index is 10.9. The van der Waals surface area contributed by atoms with Crippen molar-refractivity contribution in [3.8, 4) is 6.07 Å². The lowest BCUT2D eigenvalue weighted by Gasteiger charge is -2.26. The van der Waals surface area contributed by atoms with Gasteiger partial charge in [-0.2, -0.15) is 5.26 Å². The number of aromatic nitrogens is 1. The van der Waals surface area contributed by atoms with Crippen LogP contribution < -0.4 is 5.32 Å². The average molecular weight is 273 g/mol. The fourth-order valence-corrected chi connectivity index (χ4v) is 2.68. The van der Waals surface area contributed by atoms with E-state index in [1.807, 2.05) is 12.1 Å². The van der Waals surface area contributed by atoms with Gasteiger partial charge in [-0.3, -0.25) is 4.79 Å². The fourth-order valence-electron chi connectivity index (χ4n) is 2.68. The van der Waals surface area contributed by atoms with Gasteiger partial charge in [0.25, 0.3) is 0 Å². The number of carboxylic acids is 1. The Morgan fingerprint density at radius 3 is 2.85 bits per heavy atom. The Morgan fingerprint density at radius 2 is 2.20 bits per heavy atom. The average Bonchev–Trinajstić information content (AvgIpc) is 2.48. The maximum atomic E-state index is 10.9. The van der Waals surface area contributed by atoms with Crippen molar-refractivity contribution in [2.24, 2.45) is 11.8 Å². The number of nitrogens with zero attached hydrogens (tertiary/aromatic N) is 2. The molecule has 0 aliphatic heterocycles. The summed E-state index contributed by atoms with van der Waals surface area (Å²) in [5.41, 5.74) is 1.49. The Kier molecular flexibility index (Phi) is 5.08. The summed E-state index contributed by atoms with van der Waals surface area (Å²) in [4.78, 5) is 14.8. The van der Waals surface area contributed by atoms with Crippen LogP contribution in [-0.4, -0.2) is 22.6 Å². The quantitative estimate of drug-likeness (QED) is 0.856. The van der Waals surface area contributed by atoms with Crippen molar-refractivity contribution in [2.45, 2.75) is 32.2 Å². The monoisotopic (exact) mass is 273 g/mol. The number of carboxylic acid groups (broad SMARTS) is 1. The number of carbonyl (C=O) groups is 1. The van der Waals surface area contributed by atoms with Crippen LogP contribution in [0, 0.1) is 23.2 Å². The SMILES string of the molecule is N#Cc1cc(CNCC2CCC(C(=O)O)CC2)ccn1. The number of nitrogens with one attached hydrogen (secondary N) is 1. The third kappa shape index (κ3) is 4.04. The first-order valence-electron chi connectivity index (χ1n) is 6.97. The molecule has 2 N–H and O–H groups in total. The van der Waals surface area contributed by atoms with Gasteiger partial charge in [0.05, 0.1) is 5.92 Å². The first-order chi connectivity index (χ1) is 9.69. The third-order valence-corrected chi connectivity index (χ3v) is 3.90. The second kappa shape index (κ2) is 7.01. The topological polar surface area (TPSA) is 86.0 Å². The summed E-state index contributed by atoms with van der Waals surface area (Å²) in [6.45, 7) is 1.62. The summed E-state index contributed by atoms with van der Waals surface area (Å²) in [5.74, 6) is -0.246. The molecule has 5 nitrogen and oxygen atoms in total. The molecule has 5 heteroatoms. The van der Waals surface area contributed by atoms with Crippen molar-refractivity contribution in [1.29, 1.82) is 5.26 Å². The van der Waals surface area contributed by atoms with E-state index in [-0.39, 0.29) is 5.92 Å². The highest BCUT2D eigenvalue weighted by atomic mass is 16.4. The second-order valence-electron chi connectivity index (χ2n) is 5.35. The first kappa shape index (κ1) is 14.5. The van der Waals surface area contributed by atoms with Crippen molar-refractivity contribution in [3.05, 3.63) is 29.6 Å². The molecular formula is C15H19N3O2. The lowest BCUT2D eigenvalue weighted by atomic mass is 9.82. The molecule has 0 bridgehead atoms. The molecule has 1 aromatic rings. The van der Waals surface area contributed by atoms with Gasteiger partial charge in [0.15, 0.2) is 0 Å². The van der Waals surface area contributed by atoms with E-state index in [0.29, 0.717) is 11.6 Å². The van der Waals surface area contributed by atoms with Gasteiger partial charge in [0.1, 0.15) is 11.8 Å². The molecule has 0 saturated heterocycles. The van der Waals surface area contributed by atoms with E-state index in [1.165, 1.54) is 0 Å². The lowest BCUT2D eigenvalue weighted by molar-refractivity contribution is -0.143. The van der Waals surface area contributed by atoms with Crippen LogP contribution in [0.5, 0.6) is 0 Å². The summed E-state index contributed by atoms with van der Waals surface area (Å²) in [6, 6.07) is 5.71. The molecule has 0 radical (unpaired) electrons. The molecule has 106 valence electrons. The number of pyridine rings is 1. The van der Waals surface area contributed by atoms with Gasteiger partial charge in [-0.1, -0.05) is 0 Å².